The fraction of sp³-hybridized carbons (Fsp3) is 0.143. The van der Waals surface area contributed by atoms with Crippen molar-refractivity contribution in [2.24, 2.45) is 5.84 Å². The van der Waals surface area contributed by atoms with Crippen LogP contribution in [0.15, 0.2) is 54.6 Å². The molecule has 0 saturated heterocycles. The topological polar surface area (TPSA) is 47.3 Å². The molecule has 0 aliphatic rings. The van der Waals surface area contributed by atoms with Gasteiger partial charge in [0.05, 0.1) is 13.2 Å². The van der Waals surface area contributed by atoms with E-state index in [0.29, 0.717) is 0 Å². The largest absolute Gasteiger partial charge is 0.496 e. The van der Waals surface area contributed by atoms with Gasteiger partial charge in [0.1, 0.15) is 5.75 Å². The van der Waals surface area contributed by atoms with Crippen LogP contribution in [-0.2, 0) is 0 Å². The zero-order chi connectivity index (χ0) is 12.1. The van der Waals surface area contributed by atoms with Crippen molar-refractivity contribution in [3.8, 4) is 5.75 Å². The van der Waals surface area contributed by atoms with Crippen molar-refractivity contribution >= 4 is 0 Å². The minimum absolute atomic E-state index is 0.0626. The summed E-state index contributed by atoms with van der Waals surface area (Å²) in [4.78, 5) is 0. The highest BCUT2D eigenvalue weighted by atomic mass is 16.5. The van der Waals surface area contributed by atoms with Crippen molar-refractivity contribution in [1.29, 1.82) is 0 Å². The summed E-state index contributed by atoms with van der Waals surface area (Å²) in [7, 11) is 1.66. The van der Waals surface area contributed by atoms with Crippen molar-refractivity contribution in [3.05, 3.63) is 65.7 Å². The van der Waals surface area contributed by atoms with Crippen LogP contribution < -0.4 is 16.0 Å². The third-order valence-corrected chi connectivity index (χ3v) is 2.75. The Morgan fingerprint density at radius 2 is 1.65 bits per heavy atom. The first-order chi connectivity index (χ1) is 8.36. The van der Waals surface area contributed by atoms with Gasteiger partial charge >= 0.3 is 0 Å². The van der Waals surface area contributed by atoms with E-state index >= 15 is 0 Å². The average Bonchev–Trinajstić information content (AvgIpc) is 2.41. The number of hydrogen-bond acceptors (Lipinski definition) is 3. The number of nitrogens with one attached hydrogen (secondary N) is 1. The molecule has 0 saturated carbocycles. The third kappa shape index (κ3) is 2.46. The lowest BCUT2D eigenvalue weighted by Gasteiger charge is -2.19. The summed E-state index contributed by atoms with van der Waals surface area (Å²) in [5.41, 5.74) is 4.97. The molecule has 3 heteroatoms. The molecule has 0 aliphatic carbocycles. The second-order valence-corrected chi connectivity index (χ2v) is 3.75. The molecule has 2 aromatic carbocycles. The normalized spacial score (nSPS) is 12.1. The van der Waals surface area contributed by atoms with E-state index in [9.17, 15) is 0 Å². The van der Waals surface area contributed by atoms with E-state index in [0.717, 1.165) is 16.9 Å². The fourth-order valence-electron chi connectivity index (χ4n) is 1.92. The number of ether oxygens (including phenoxy) is 1. The van der Waals surface area contributed by atoms with Gasteiger partial charge in [0.25, 0.3) is 0 Å². The van der Waals surface area contributed by atoms with Gasteiger partial charge in [0.15, 0.2) is 0 Å². The van der Waals surface area contributed by atoms with E-state index in [1.54, 1.807) is 7.11 Å². The van der Waals surface area contributed by atoms with Crippen molar-refractivity contribution < 1.29 is 4.74 Å². The molecule has 0 spiro atoms. The Hall–Kier alpha value is -1.84. The molecule has 88 valence electrons. The second kappa shape index (κ2) is 5.48. The lowest BCUT2D eigenvalue weighted by Crippen LogP contribution is -2.29. The summed E-state index contributed by atoms with van der Waals surface area (Å²) in [6.45, 7) is 0. The zero-order valence-corrected chi connectivity index (χ0v) is 9.76. The van der Waals surface area contributed by atoms with Crippen LogP contribution in [0.2, 0.25) is 0 Å². The van der Waals surface area contributed by atoms with Gasteiger partial charge < -0.3 is 4.74 Å². The summed E-state index contributed by atoms with van der Waals surface area (Å²) >= 11 is 0. The standard InChI is InChI=1S/C14H16N2O/c1-17-13-10-6-5-9-12(13)14(16-15)11-7-3-2-4-8-11/h2-10,14,16H,15H2,1H3/t14-/m1/s1. The summed E-state index contributed by atoms with van der Waals surface area (Å²) in [5.74, 6) is 6.49. The van der Waals surface area contributed by atoms with Crippen molar-refractivity contribution in [3.63, 3.8) is 0 Å². The molecule has 3 nitrogen and oxygen atoms in total. The SMILES string of the molecule is COc1ccccc1[C@H](NN)c1ccccc1. The fourth-order valence-corrected chi connectivity index (χ4v) is 1.92. The van der Waals surface area contributed by atoms with E-state index in [2.05, 4.69) is 5.43 Å². The van der Waals surface area contributed by atoms with E-state index < -0.39 is 0 Å². The minimum Gasteiger partial charge on any atom is -0.496 e. The molecule has 0 heterocycles. The molecule has 0 amide bonds. The van der Waals surface area contributed by atoms with E-state index in [1.807, 2.05) is 54.6 Å². The van der Waals surface area contributed by atoms with Crippen LogP contribution in [0.4, 0.5) is 0 Å². The van der Waals surface area contributed by atoms with Gasteiger partial charge in [-0.25, -0.2) is 5.43 Å². The lowest BCUT2D eigenvalue weighted by molar-refractivity contribution is 0.404. The third-order valence-electron chi connectivity index (χ3n) is 2.75. The van der Waals surface area contributed by atoms with Crippen LogP contribution in [0.5, 0.6) is 5.75 Å². The van der Waals surface area contributed by atoms with Gasteiger partial charge in [-0.05, 0) is 11.6 Å². The Bertz CT molecular complexity index is 471. The van der Waals surface area contributed by atoms with Crippen LogP contribution in [0.25, 0.3) is 0 Å². The maximum atomic E-state index is 5.65. The molecule has 0 radical (unpaired) electrons. The molecule has 2 aromatic rings. The van der Waals surface area contributed by atoms with Gasteiger partial charge in [0.2, 0.25) is 0 Å². The molecular weight excluding hydrogens is 212 g/mol. The lowest BCUT2D eigenvalue weighted by atomic mass is 9.98. The van der Waals surface area contributed by atoms with Gasteiger partial charge in [-0.15, -0.1) is 0 Å². The minimum atomic E-state index is -0.0626. The molecule has 0 unspecified atom stereocenters. The second-order valence-electron chi connectivity index (χ2n) is 3.75. The Morgan fingerprint density at radius 1 is 1.00 bits per heavy atom. The Labute approximate surface area is 101 Å². The quantitative estimate of drug-likeness (QED) is 0.623. The molecule has 0 fully saturated rings. The van der Waals surface area contributed by atoms with Crippen molar-refractivity contribution in [2.75, 3.05) is 7.11 Å². The first-order valence-electron chi connectivity index (χ1n) is 5.51. The van der Waals surface area contributed by atoms with Crippen LogP contribution in [-0.4, -0.2) is 7.11 Å². The Kier molecular flexibility index (Phi) is 3.75. The predicted molar refractivity (Wildman–Crippen MR) is 68.6 cm³/mol. The van der Waals surface area contributed by atoms with Crippen LogP contribution in [0, 0.1) is 0 Å². The number of nitrogens with two attached hydrogens (primary N) is 1. The van der Waals surface area contributed by atoms with Crippen LogP contribution >= 0.6 is 0 Å². The number of hydrogen-bond donors (Lipinski definition) is 2. The summed E-state index contributed by atoms with van der Waals surface area (Å²) < 4.78 is 5.35. The number of rotatable bonds is 4. The van der Waals surface area contributed by atoms with Crippen LogP contribution in [0.1, 0.15) is 17.2 Å². The summed E-state index contributed by atoms with van der Waals surface area (Å²) in [6, 6.07) is 17.9. The number of benzene rings is 2. The van der Waals surface area contributed by atoms with Gasteiger partial charge in [0, 0.05) is 5.56 Å². The van der Waals surface area contributed by atoms with E-state index in [1.165, 1.54) is 0 Å². The molecule has 17 heavy (non-hydrogen) atoms. The maximum absolute atomic E-state index is 5.65. The highest BCUT2D eigenvalue weighted by molar-refractivity contribution is 5.41. The molecule has 0 aliphatic heterocycles. The molecular formula is C14H16N2O. The van der Waals surface area contributed by atoms with Crippen LogP contribution in [0.3, 0.4) is 0 Å². The van der Waals surface area contributed by atoms with Gasteiger partial charge in [-0.3, -0.25) is 5.84 Å². The Morgan fingerprint density at radius 3 is 2.29 bits per heavy atom. The van der Waals surface area contributed by atoms with E-state index in [4.69, 9.17) is 10.6 Å². The van der Waals surface area contributed by atoms with E-state index in [-0.39, 0.29) is 6.04 Å². The molecule has 3 N–H and O–H groups in total. The first-order valence-corrected chi connectivity index (χ1v) is 5.51. The molecule has 0 bridgehead atoms. The Balaban J connectivity index is 2.42. The summed E-state index contributed by atoms with van der Waals surface area (Å²) in [6.07, 6.45) is 0. The van der Waals surface area contributed by atoms with Gasteiger partial charge in [-0.2, -0.15) is 0 Å². The molecule has 0 aromatic heterocycles. The zero-order valence-electron chi connectivity index (χ0n) is 9.76. The number of para-hydroxylation sites is 1. The first kappa shape index (κ1) is 11.6. The predicted octanol–water partition coefficient (Wildman–Crippen LogP) is 2.25. The molecule has 2 rings (SSSR count). The smallest absolute Gasteiger partial charge is 0.124 e. The molecule has 1 atom stereocenters. The van der Waals surface area contributed by atoms with Crippen molar-refractivity contribution in [2.45, 2.75) is 6.04 Å². The summed E-state index contributed by atoms with van der Waals surface area (Å²) in [5, 5.41) is 0. The maximum Gasteiger partial charge on any atom is 0.124 e. The number of methoxy groups -OCH3 is 1. The highest BCUT2D eigenvalue weighted by Gasteiger charge is 2.15. The average molecular weight is 228 g/mol. The van der Waals surface area contributed by atoms with Crippen molar-refractivity contribution in [1.82, 2.24) is 5.43 Å². The monoisotopic (exact) mass is 228 g/mol. The highest BCUT2D eigenvalue weighted by Crippen LogP contribution is 2.28. The van der Waals surface area contributed by atoms with Gasteiger partial charge in [-0.1, -0.05) is 48.5 Å². The number of hydrazine groups is 1.